The monoisotopic (exact) mass is 810 g/mol. The Balaban J connectivity index is 1.31. The number of hydrogen-bond acceptors (Lipinski definition) is 11. The van der Waals surface area contributed by atoms with Gasteiger partial charge in [0.05, 0.1) is 0 Å². The molecule has 15 nitrogen and oxygen atoms in total. The van der Waals surface area contributed by atoms with Crippen LogP contribution in [0.1, 0.15) is 60.8 Å². The molecule has 0 radical (unpaired) electrons. The lowest BCUT2D eigenvalue weighted by Gasteiger charge is -2.20. The number of rotatable bonds is 22. The van der Waals surface area contributed by atoms with Crippen LogP contribution < -0.4 is 21.3 Å². The van der Waals surface area contributed by atoms with Crippen molar-refractivity contribution in [1.82, 2.24) is 21.3 Å². The molecule has 0 fully saturated rings. The predicted molar refractivity (Wildman–Crippen MR) is 215 cm³/mol. The van der Waals surface area contributed by atoms with Crippen LogP contribution in [-0.4, -0.2) is 61.5 Å². The smallest absolute Gasteiger partial charge is 0.408 e. The van der Waals surface area contributed by atoms with E-state index in [0.29, 0.717) is 25.7 Å². The van der Waals surface area contributed by atoms with Crippen LogP contribution in [0.4, 0.5) is 19.2 Å². The Morgan fingerprint density at radius 3 is 0.983 bits per heavy atom. The summed E-state index contributed by atoms with van der Waals surface area (Å²) in [4.78, 5) is 76.9. The highest BCUT2D eigenvalue weighted by Crippen LogP contribution is 2.11. The van der Waals surface area contributed by atoms with Crippen molar-refractivity contribution in [2.24, 2.45) is 0 Å². The van der Waals surface area contributed by atoms with Gasteiger partial charge in [0.2, 0.25) is 0 Å². The van der Waals surface area contributed by atoms with Gasteiger partial charge in [-0.05, 0) is 60.8 Å². The minimum absolute atomic E-state index is 0.0244. The van der Waals surface area contributed by atoms with E-state index < -0.39 is 48.4 Å². The van der Waals surface area contributed by atoms with Gasteiger partial charge in [-0.2, -0.15) is 0 Å². The molecule has 4 rings (SSSR count). The number of hydrogen-bond donors (Lipinski definition) is 4. The van der Waals surface area contributed by atoms with Gasteiger partial charge < -0.3 is 45.0 Å². The first-order valence-corrected chi connectivity index (χ1v) is 19.3. The van der Waals surface area contributed by atoms with Gasteiger partial charge in [-0.25, -0.2) is 28.8 Å². The summed E-state index contributed by atoms with van der Waals surface area (Å²) in [7, 11) is 0. The standard InChI is InChI=1S/C44H50N4O11/c49-39(37(47-43(53)57-31-35-21-9-3-10-22-35)25-13-15-27-45-41(51)55-29-33-17-5-1-6-18-33)59-40(50)38(48-44(54)58-32-36-23-11-4-12-24-36)26-14-16-28-46-42(52)56-30-34-19-7-2-8-20-34/h1-12,17-24,37-38H,13-16,25-32H2,(H,45,51)(H,46,52)(H,47,53)(H,48,54)/t37-,38-/m1/s1. The van der Waals surface area contributed by atoms with E-state index in [1.54, 1.807) is 48.5 Å². The minimum Gasteiger partial charge on any atom is -0.445 e. The molecule has 0 aromatic heterocycles. The van der Waals surface area contributed by atoms with Crippen molar-refractivity contribution >= 4 is 36.3 Å². The van der Waals surface area contributed by atoms with Gasteiger partial charge in [-0.3, -0.25) is 0 Å². The molecule has 312 valence electrons. The maximum Gasteiger partial charge on any atom is 0.408 e. The maximum absolute atomic E-state index is 13.5. The quantitative estimate of drug-likeness (QED) is 0.0281. The molecular formula is C44H50N4O11. The Morgan fingerprint density at radius 2 is 0.678 bits per heavy atom. The van der Waals surface area contributed by atoms with Crippen LogP contribution in [0.15, 0.2) is 121 Å². The van der Waals surface area contributed by atoms with Gasteiger partial charge in [0.15, 0.2) is 0 Å². The van der Waals surface area contributed by atoms with Gasteiger partial charge in [0.1, 0.15) is 38.5 Å². The zero-order valence-corrected chi connectivity index (χ0v) is 32.7. The summed E-state index contributed by atoms with van der Waals surface area (Å²) < 4.78 is 26.3. The topological polar surface area (TPSA) is 197 Å². The summed E-state index contributed by atoms with van der Waals surface area (Å²) in [5, 5.41) is 10.2. The Bertz CT molecular complexity index is 1750. The van der Waals surface area contributed by atoms with Crippen LogP contribution >= 0.6 is 0 Å². The number of carbonyl (C=O) groups is 6. The molecule has 0 saturated heterocycles. The molecule has 0 aliphatic heterocycles. The molecule has 0 bridgehead atoms. The van der Waals surface area contributed by atoms with Gasteiger partial charge in [-0.15, -0.1) is 0 Å². The second-order valence-electron chi connectivity index (χ2n) is 13.2. The number of esters is 2. The van der Waals surface area contributed by atoms with Crippen molar-refractivity contribution in [3.63, 3.8) is 0 Å². The third kappa shape index (κ3) is 18.7. The number of nitrogens with one attached hydrogen (secondary N) is 4. The zero-order valence-electron chi connectivity index (χ0n) is 32.7. The number of amides is 4. The average Bonchev–Trinajstić information content (AvgIpc) is 3.26. The largest absolute Gasteiger partial charge is 0.445 e. The number of benzene rings is 4. The van der Waals surface area contributed by atoms with Crippen LogP contribution in [0.25, 0.3) is 0 Å². The molecule has 0 aliphatic rings. The highest BCUT2D eigenvalue weighted by Gasteiger charge is 2.30. The molecule has 4 aromatic carbocycles. The lowest BCUT2D eigenvalue weighted by molar-refractivity contribution is -0.162. The van der Waals surface area contributed by atoms with E-state index in [0.717, 1.165) is 22.3 Å². The van der Waals surface area contributed by atoms with Crippen molar-refractivity contribution in [3.05, 3.63) is 144 Å². The molecule has 15 heteroatoms. The van der Waals surface area contributed by atoms with Gasteiger partial charge in [0, 0.05) is 13.1 Å². The molecule has 0 unspecified atom stereocenters. The molecular weight excluding hydrogens is 761 g/mol. The summed E-state index contributed by atoms with van der Waals surface area (Å²) in [5.74, 6) is -2.15. The Labute approximate surface area is 343 Å². The summed E-state index contributed by atoms with van der Waals surface area (Å²) in [6.07, 6.45) is -1.59. The van der Waals surface area contributed by atoms with E-state index in [4.69, 9.17) is 23.7 Å². The number of unbranched alkanes of at least 4 members (excludes halogenated alkanes) is 2. The molecule has 0 saturated carbocycles. The highest BCUT2D eigenvalue weighted by molar-refractivity contribution is 5.93. The predicted octanol–water partition coefficient (Wildman–Crippen LogP) is 6.84. The molecule has 4 amide bonds. The first-order chi connectivity index (χ1) is 28.7. The lowest BCUT2D eigenvalue weighted by Crippen LogP contribution is -2.47. The van der Waals surface area contributed by atoms with E-state index >= 15 is 0 Å². The van der Waals surface area contributed by atoms with E-state index in [1.807, 2.05) is 72.8 Å². The third-order valence-corrected chi connectivity index (χ3v) is 8.58. The van der Waals surface area contributed by atoms with E-state index in [9.17, 15) is 28.8 Å². The molecule has 2 atom stereocenters. The summed E-state index contributed by atoms with van der Waals surface area (Å²) in [5.41, 5.74) is 3.10. The van der Waals surface area contributed by atoms with Crippen LogP contribution in [0.5, 0.6) is 0 Å². The summed E-state index contributed by atoms with van der Waals surface area (Å²) in [6.45, 7) is 0.487. The average molecular weight is 811 g/mol. The second-order valence-corrected chi connectivity index (χ2v) is 13.2. The first-order valence-electron chi connectivity index (χ1n) is 19.3. The summed E-state index contributed by atoms with van der Waals surface area (Å²) in [6, 6.07) is 33.6. The van der Waals surface area contributed by atoms with Gasteiger partial charge >= 0.3 is 36.3 Å². The van der Waals surface area contributed by atoms with E-state index in [-0.39, 0.29) is 52.4 Å². The van der Waals surface area contributed by atoms with Crippen molar-refractivity contribution < 1.29 is 52.5 Å². The van der Waals surface area contributed by atoms with Crippen molar-refractivity contribution in [3.8, 4) is 0 Å². The maximum atomic E-state index is 13.5. The molecule has 0 aliphatic carbocycles. The van der Waals surface area contributed by atoms with Crippen molar-refractivity contribution in [1.29, 1.82) is 0 Å². The van der Waals surface area contributed by atoms with Gasteiger partial charge in [-0.1, -0.05) is 121 Å². The lowest BCUT2D eigenvalue weighted by atomic mass is 10.1. The first kappa shape index (κ1) is 44.8. The molecule has 0 heterocycles. The van der Waals surface area contributed by atoms with Crippen LogP contribution in [-0.2, 0) is 59.7 Å². The number of alkyl carbamates (subject to hydrolysis) is 4. The number of ether oxygens (including phenoxy) is 5. The van der Waals surface area contributed by atoms with Crippen LogP contribution in [0.3, 0.4) is 0 Å². The van der Waals surface area contributed by atoms with E-state index in [2.05, 4.69) is 21.3 Å². The van der Waals surface area contributed by atoms with Crippen molar-refractivity contribution in [2.45, 2.75) is 77.0 Å². The summed E-state index contributed by atoms with van der Waals surface area (Å²) >= 11 is 0. The number of carbonyl (C=O) groups excluding carboxylic acids is 6. The minimum atomic E-state index is -1.32. The molecule has 0 spiro atoms. The normalized spacial score (nSPS) is 11.5. The molecule has 59 heavy (non-hydrogen) atoms. The van der Waals surface area contributed by atoms with Gasteiger partial charge in [0.25, 0.3) is 0 Å². The third-order valence-electron chi connectivity index (χ3n) is 8.58. The Hall–Kier alpha value is -6.90. The van der Waals surface area contributed by atoms with Crippen LogP contribution in [0.2, 0.25) is 0 Å². The van der Waals surface area contributed by atoms with Crippen molar-refractivity contribution in [2.75, 3.05) is 13.1 Å². The fourth-order valence-electron chi connectivity index (χ4n) is 5.43. The van der Waals surface area contributed by atoms with Crippen LogP contribution in [0, 0.1) is 0 Å². The van der Waals surface area contributed by atoms with E-state index in [1.165, 1.54) is 0 Å². The second kappa shape index (κ2) is 26.1. The fraction of sp³-hybridized carbons (Fsp3) is 0.318. The Kier molecular flexibility index (Phi) is 19.8. The SMILES string of the molecule is O=C(NCCCC[C@@H](NC(=O)OCc1ccccc1)C(=O)OC(=O)[C@@H](CCCCNC(=O)OCc1ccccc1)NC(=O)OCc1ccccc1)OCc1ccccc1. The zero-order chi connectivity index (χ0) is 41.9. The highest BCUT2D eigenvalue weighted by atomic mass is 16.6. The fourth-order valence-corrected chi connectivity index (χ4v) is 5.43. The Morgan fingerprint density at radius 1 is 0.390 bits per heavy atom. The molecule has 4 N–H and O–H groups in total. The molecule has 4 aromatic rings.